The Kier molecular flexibility index (Phi) is 5.97. The highest BCUT2D eigenvalue weighted by Gasteiger charge is 2.12. The Morgan fingerprint density at radius 1 is 1.03 bits per heavy atom. The van der Waals surface area contributed by atoms with Gasteiger partial charge in [0, 0.05) is 42.4 Å². The molecule has 0 saturated carbocycles. The van der Waals surface area contributed by atoms with Gasteiger partial charge in [-0.1, -0.05) is 48.5 Å². The second-order valence-corrected chi connectivity index (χ2v) is 7.22. The van der Waals surface area contributed by atoms with Crippen molar-refractivity contribution in [1.29, 1.82) is 0 Å². The summed E-state index contributed by atoms with van der Waals surface area (Å²) in [5.41, 5.74) is 3.51. The fourth-order valence-corrected chi connectivity index (χ4v) is 3.55. The number of aliphatic hydroxyl groups excluding tert-OH is 1. The van der Waals surface area contributed by atoms with E-state index in [1.807, 2.05) is 66.7 Å². The molecule has 1 atom stereocenters. The molecule has 0 bridgehead atoms. The van der Waals surface area contributed by atoms with Crippen LogP contribution in [-0.4, -0.2) is 35.7 Å². The molecule has 0 saturated heterocycles. The molecule has 154 valence electrons. The number of anilines is 1. The predicted molar refractivity (Wildman–Crippen MR) is 120 cm³/mol. The van der Waals surface area contributed by atoms with Crippen LogP contribution in [0.1, 0.15) is 18.6 Å². The van der Waals surface area contributed by atoms with Gasteiger partial charge in [-0.15, -0.1) is 0 Å². The van der Waals surface area contributed by atoms with Crippen LogP contribution in [0.25, 0.3) is 21.8 Å². The number of hydrogen-bond acceptors (Lipinski definition) is 4. The summed E-state index contributed by atoms with van der Waals surface area (Å²) in [6.45, 7) is 2.89. The van der Waals surface area contributed by atoms with Crippen molar-refractivity contribution >= 4 is 33.4 Å². The molecule has 3 aromatic carbocycles. The zero-order valence-corrected chi connectivity index (χ0v) is 16.8. The van der Waals surface area contributed by atoms with Crippen LogP contribution in [0.3, 0.4) is 0 Å². The molecule has 0 aliphatic rings. The smallest absolute Gasteiger partial charge is 0.221 e. The number of amides is 1. The molecule has 1 aromatic heterocycles. The lowest BCUT2D eigenvalue weighted by atomic mass is 10.1. The number of carbonyl (C=O) groups is 1. The van der Waals surface area contributed by atoms with Gasteiger partial charge >= 0.3 is 0 Å². The highest BCUT2D eigenvalue weighted by Crippen LogP contribution is 2.34. The van der Waals surface area contributed by atoms with Gasteiger partial charge in [0.25, 0.3) is 0 Å². The average molecular weight is 403 g/mol. The second-order valence-electron chi connectivity index (χ2n) is 7.22. The lowest BCUT2D eigenvalue weighted by Gasteiger charge is -2.14. The van der Waals surface area contributed by atoms with E-state index < -0.39 is 6.10 Å². The monoisotopic (exact) mass is 403 g/mol. The van der Waals surface area contributed by atoms with Crippen LogP contribution in [0, 0.1) is 0 Å². The van der Waals surface area contributed by atoms with E-state index in [-0.39, 0.29) is 5.91 Å². The van der Waals surface area contributed by atoms with Crippen LogP contribution in [0.2, 0.25) is 0 Å². The maximum absolute atomic E-state index is 11.7. The highest BCUT2D eigenvalue weighted by atomic mass is 16.5. The van der Waals surface area contributed by atoms with Crippen molar-refractivity contribution in [2.75, 3.05) is 25.0 Å². The van der Waals surface area contributed by atoms with Gasteiger partial charge in [0.1, 0.15) is 12.4 Å². The van der Waals surface area contributed by atoms with E-state index in [0.29, 0.717) is 31.1 Å². The van der Waals surface area contributed by atoms with Crippen molar-refractivity contribution in [2.45, 2.75) is 13.0 Å². The molecule has 0 fully saturated rings. The van der Waals surface area contributed by atoms with Gasteiger partial charge in [-0.25, -0.2) is 0 Å². The SMILES string of the molecule is CC(=O)Nc1cc2c(cc1OCCNCC(O)c1ccccc1)[nH]c1ccccc12. The predicted octanol–water partition coefficient (Wildman–Crippen LogP) is 3.98. The summed E-state index contributed by atoms with van der Waals surface area (Å²) >= 11 is 0. The summed E-state index contributed by atoms with van der Waals surface area (Å²) in [7, 11) is 0. The van der Waals surface area contributed by atoms with Crippen molar-refractivity contribution in [3.8, 4) is 5.75 Å². The van der Waals surface area contributed by atoms with Crippen LogP contribution in [0.4, 0.5) is 5.69 Å². The van der Waals surface area contributed by atoms with Crippen LogP contribution in [0.5, 0.6) is 5.75 Å². The van der Waals surface area contributed by atoms with E-state index in [2.05, 4.69) is 15.6 Å². The minimum atomic E-state index is -0.566. The first-order valence-corrected chi connectivity index (χ1v) is 10.0. The molecule has 0 aliphatic carbocycles. The number of hydrogen-bond donors (Lipinski definition) is 4. The van der Waals surface area contributed by atoms with Gasteiger partial charge in [-0.2, -0.15) is 0 Å². The van der Waals surface area contributed by atoms with Crippen molar-refractivity contribution in [3.63, 3.8) is 0 Å². The Morgan fingerprint density at radius 3 is 2.60 bits per heavy atom. The minimum absolute atomic E-state index is 0.150. The Hall–Kier alpha value is -3.35. The van der Waals surface area contributed by atoms with Crippen LogP contribution in [0.15, 0.2) is 66.7 Å². The number of rotatable bonds is 8. The van der Waals surface area contributed by atoms with Crippen LogP contribution < -0.4 is 15.4 Å². The lowest BCUT2D eigenvalue weighted by Crippen LogP contribution is -2.26. The summed E-state index contributed by atoms with van der Waals surface area (Å²) in [5, 5.41) is 18.4. The van der Waals surface area contributed by atoms with E-state index in [9.17, 15) is 9.90 Å². The van der Waals surface area contributed by atoms with Gasteiger partial charge in [0.2, 0.25) is 5.91 Å². The molecule has 6 nitrogen and oxygen atoms in total. The standard InChI is InChI=1S/C24H25N3O3/c1-16(28)26-22-13-19-18-9-5-6-10-20(18)27-21(19)14-24(22)30-12-11-25-15-23(29)17-7-3-2-4-8-17/h2-10,13-14,23,25,27,29H,11-12,15H2,1H3,(H,26,28). The van der Waals surface area contributed by atoms with Crippen molar-refractivity contribution in [1.82, 2.24) is 10.3 Å². The molecule has 4 aromatic rings. The molecular formula is C24H25N3O3. The normalized spacial score (nSPS) is 12.2. The number of carbonyl (C=O) groups excluding carboxylic acids is 1. The average Bonchev–Trinajstić information content (AvgIpc) is 3.11. The number of aromatic amines is 1. The zero-order valence-electron chi connectivity index (χ0n) is 16.8. The fraction of sp³-hybridized carbons (Fsp3) is 0.208. The third-order valence-electron chi connectivity index (χ3n) is 4.98. The first-order chi connectivity index (χ1) is 14.6. The molecule has 1 unspecified atom stereocenters. The second kappa shape index (κ2) is 8.98. The summed E-state index contributed by atoms with van der Waals surface area (Å²) in [5.74, 6) is 0.456. The van der Waals surface area contributed by atoms with Crippen LogP contribution in [-0.2, 0) is 4.79 Å². The molecule has 4 N–H and O–H groups in total. The number of ether oxygens (including phenoxy) is 1. The Labute approximate surface area is 174 Å². The number of aliphatic hydroxyl groups is 1. The third-order valence-corrected chi connectivity index (χ3v) is 4.98. The van der Waals surface area contributed by atoms with Gasteiger partial charge in [-0.05, 0) is 17.7 Å². The molecule has 30 heavy (non-hydrogen) atoms. The summed E-state index contributed by atoms with van der Waals surface area (Å²) in [6, 6.07) is 21.5. The number of aromatic nitrogens is 1. The Bertz CT molecular complexity index is 1150. The first-order valence-electron chi connectivity index (χ1n) is 10.0. The van der Waals surface area contributed by atoms with Crippen molar-refractivity contribution in [3.05, 3.63) is 72.3 Å². The molecular weight excluding hydrogens is 378 g/mol. The number of H-pyrrole nitrogens is 1. The molecule has 0 aliphatic heterocycles. The molecule has 0 spiro atoms. The summed E-state index contributed by atoms with van der Waals surface area (Å²) in [4.78, 5) is 15.1. The largest absolute Gasteiger partial charge is 0.490 e. The van der Waals surface area contributed by atoms with E-state index in [4.69, 9.17) is 4.74 Å². The fourth-order valence-electron chi connectivity index (χ4n) is 3.55. The van der Waals surface area contributed by atoms with Crippen LogP contribution >= 0.6 is 0 Å². The van der Waals surface area contributed by atoms with Crippen molar-refractivity contribution in [2.24, 2.45) is 0 Å². The maximum Gasteiger partial charge on any atom is 0.221 e. The number of fused-ring (bicyclic) bond motifs is 3. The number of para-hydroxylation sites is 1. The molecule has 1 amide bonds. The van der Waals surface area contributed by atoms with Gasteiger partial charge in [-0.3, -0.25) is 4.79 Å². The van der Waals surface area contributed by atoms with Gasteiger partial charge in [0.15, 0.2) is 0 Å². The van der Waals surface area contributed by atoms with E-state index in [1.54, 1.807) is 0 Å². The quantitative estimate of drug-likeness (QED) is 0.335. The Balaban J connectivity index is 1.43. The van der Waals surface area contributed by atoms with E-state index >= 15 is 0 Å². The van der Waals surface area contributed by atoms with Gasteiger partial charge in [0.05, 0.1) is 17.3 Å². The van der Waals surface area contributed by atoms with Crippen molar-refractivity contribution < 1.29 is 14.6 Å². The molecule has 4 rings (SSSR count). The minimum Gasteiger partial charge on any atom is -0.490 e. The summed E-state index contributed by atoms with van der Waals surface area (Å²) < 4.78 is 5.95. The number of benzene rings is 3. The Morgan fingerprint density at radius 2 is 1.80 bits per heavy atom. The highest BCUT2D eigenvalue weighted by molar-refractivity contribution is 6.09. The molecule has 6 heteroatoms. The van der Waals surface area contributed by atoms with Gasteiger partial charge < -0.3 is 25.5 Å². The summed E-state index contributed by atoms with van der Waals surface area (Å²) in [6.07, 6.45) is -0.566. The maximum atomic E-state index is 11.7. The molecule has 0 radical (unpaired) electrons. The third kappa shape index (κ3) is 4.45. The lowest BCUT2D eigenvalue weighted by molar-refractivity contribution is -0.114. The van der Waals surface area contributed by atoms with E-state index in [1.165, 1.54) is 6.92 Å². The van der Waals surface area contributed by atoms with E-state index in [0.717, 1.165) is 27.4 Å². The number of nitrogens with one attached hydrogen (secondary N) is 3. The first kappa shape index (κ1) is 19.9. The zero-order chi connectivity index (χ0) is 20.9. The topological polar surface area (TPSA) is 86.4 Å². The molecule has 1 heterocycles.